The molecular formula is C15H23N3O3. The number of amides is 2. The van der Waals surface area contributed by atoms with Crippen LogP contribution in [0.25, 0.3) is 0 Å². The van der Waals surface area contributed by atoms with Crippen LogP contribution in [-0.4, -0.2) is 23.5 Å². The van der Waals surface area contributed by atoms with Crippen molar-refractivity contribution in [2.45, 2.75) is 45.8 Å². The Hall–Kier alpha value is -2.24. The van der Waals surface area contributed by atoms with Crippen molar-refractivity contribution in [2.75, 3.05) is 5.73 Å². The van der Waals surface area contributed by atoms with Crippen LogP contribution in [0.15, 0.2) is 18.2 Å². The Labute approximate surface area is 124 Å². The Morgan fingerprint density at radius 2 is 2.00 bits per heavy atom. The molecule has 0 aromatic heterocycles. The van der Waals surface area contributed by atoms with Crippen LogP contribution in [0.5, 0.6) is 5.75 Å². The molecule has 1 rings (SSSR count). The first-order valence-corrected chi connectivity index (χ1v) is 6.84. The van der Waals surface area contributed by atoms with E-state index < -0.39 is 12.0 Å². The van der Waals surface area contributed by atoms with Crippen LogP contribution in [0.3, 0.4) is 0 Å². The van der Waals surface area contributed by atoms with Gasteiger partial charge in [0.05, 0.1) is 5.56 Å². The van der Waals surface area contributed by atoms with Crippen molar-refractivity contribution < 1.29 is 14.3 Å². The number of benzene rings is 1. The molecule has 0 heterocycles. The zero-order valence-corrected chi connectivity index (χ0v) is 12.9. The third-order valence-corrected chi connectivity index (χ3v) is 3.29. The molecule has 0 saturated heterocycles. The second-order valence-electron chi connectivity index (χ2n) is 5.61. The van der Waals surface area contributed by atoms with E-state index in [0.29, 0.717) is 5.69 Å². The summed E-state index contributed by atoms with van der Waals surface area (Å²) < 4.78 is 5.55. The number of primary amides is 1. The molecular weight excluding hydrogens is 270 g/mol. The smallest absolute Gasteiger partial charge is 0.261 e. The number of rotatable bonds is 6. The van der Waals surface area contributed by atoms with Crippen LogP contribution >= 0.6 is 0 Å². The van der Waals surface area contributed by atoms with Crippen molar-refractivity contribution in [2.24, 2.45) is 5.73 Å². The molecule has 1 aromatic carbocycles. The van der Waals surface area contributed by atoms with Crippen molar-refractivity contribution in [3.63, 3.8) is 0 Å². The van der Waals surface area contributed by atoms with Crippen LogP contribution < -0.4 is 21.5 Å². The topological polar surface area (TPSA) is 107 Å². The number of carbonyl (C=O) groups is 2. The molecule has 2 amide bonds. The number of anilines is 1. The van der Waals surface area contributed by atoms with E-state index in [4.69, 9.17) is 16.2 Å². The molecule has 116 valence electrons. The Morgan fingerprint density at radius 3 is 2.52 bits per heavy atom. The number of ether oxygens (including phenoxy) is 1. The maximum atomic E-state index is 12.1. The lowest BCUT2D eigenvalue weighted by molar-refractivity contribution is -0.129. The highest BCUT2D eigenvalue weighted by atomic mass is 16.5. The number of nitrogens with one attached hydrogen (secondary N) is 1. The molecule has 1 unspecified atom stereocenters. The summed E-state index contributed by atoms with van der Waals surface area (Å²) in [7, 11) is 0. The number of hydrogen-bond acceptors (Lipinski definition) is 4. The number of nitrogen functional groups attached to an aromatic ring is 1. The summed E-state index contributed by atoms with van der Waals surface area (Å²) in [4.78, 5) is 23.5. The van der Waals surface area contributed by atoms with Gasteiger partial charge >= 0.3 is 0 Å². The Kier molecular flexibility index (Phi) is 5.18. The molecule has 1 atom stereocenters. The van der Waals surface area contributed by atoms with Crippen molar-refractivity contribution >= 4 is 17.5 Å². The molecule has 0 spiro atoms. The van der Waals surface area contributed by atoms with Crippen LogP contribution in [0, 0.1) is 0 Å². The normalized spacial score (nSPS) is 12.6. The molecule has 0 bridgehead atoms. The predicted octanol–water partition coefficient (Wildman–Crippen LogP) is 1.44. The first-order valence-electron chi connectivity index (χ1n) is 6.84. The molecule has 0 radical (unpaired) electrons. The number of nitrogens with two attached hydrogens (primary N) is 2. The van der Waals surface area contributed by atoms with Gasteiger partial charge in [-0.2, -0.15) is 0 Å². The Bertz CT molecular complexity index is 541. The zero-order valence-electron chi connectivity index (χ0n) is 12.9. The van der Waals surface area contributed by atoms with E-state index in [9.17, 15) is 9.59 Å². The maximum Gasteiger partial charge on any atom is 0.261 e. The molecule has 5 N–H and O–H groups in total. The first kappa shape index (κ1) is 16.8. The van der Waals surface area contributed by atoms with E-state index >= 15 is 0 Å². The van der Waals surface area contributed by atoms with Gasteiger partial charge in [0.25, 0.3) is 11.8 Å². The first-order chi connectivity index (χ1) is 9.66. The Morgan fingerprint density at radius 1 is 1.38 bits per heavy atom. The molecule has 0 fully saturated rings. The summed E-state index contributed by atoms with van der Waals surface area (Å²) in [6.45, 7) is 7.43. The van der Waals surface area contributed by atoms with Crippen LogP contribution in [0.2, 0.25) is 0 Å². The lowest BCUT2D eigenvalue weighted by Crippen LogP contribution is -2.48. The molecule has 0 aliphatic rings. The monoisotopic (exact) mass is 293 g/mol. The van der Waals surface area contributed by atoms with Gasteiger partial charge in [0.1, 0.15) is 5.75 Å². The van der Waals surface area contributed by atoms with Crippen molar-refractivity contribution in [3.8, 4) is 5.75 Å². The third kappa shape index (κ3) is 4.66. The molecule has 0 aliphatic heterocycles. The van der Waals surface area contributed by atoms with E-state index in [2.05, 4.69) is 5.32 Å². The SMILES string of the molecule is CCC(C)(C)NC(=O)C(C)Oc1cc(N)ccc1C(N)=O. The molecule has 0 aliphatic carbocycles. The van der Waals surface area contributed by atoms with Crippen molar-refractivity contribution in [3.05, 3.63) is 23.8 Å². The molecule has 6 heteroatoms. The zero-order chi connectivity index (χ0) is 16.2. The highest BCUT2D eigenvalue weighted by Crippen LogP contribution is 2.23. The van der Waals surface area contributed by atoms with E-state index in [1.165, 1.54) is 12.1 Å². The van der Waals surface area contributed by atoms with Crippen LogP contribution in [-0.2, 0) is 4.79 Å². The van der Waals surface area contributed by atoms with E-state index in [1.807, 2.05) is 20.8 Å². The summed E-state index contributed by atoms with van der Waals surface area (Å²) in [5.41, 5.74) is 11.2. The summed E-state index contributed by atoms with van der Waals surface area (Å²) in [6, 6.07) is 4.51. The summed E-state index contributed by atoms with van der Waals surface area (Å²) in [5.74, 6) is -0.689. The molecule has 6 nitrogen and oxygen atoms in total. The van der Waals surface area contributed by atoms with Crippen molar-refractivity contribution in [1.29, 1.82) is 0 Å². The fourth-order valence-electron chi connectivity index (χ4n) is 1.61. The third-order valence-electron chi connectivity index (χ3n) is 3.29. The molecule has 0 saturated carbocycles. The molecule has 21 heavy (non-hydrogen) atoms. The maximum absolute atomic E-state index is 12.1. The average molecular weight is 293 g/mol. The predicted molar refractivity (Wildman–Crippen MR) is 82.0 cm³/mol. The lowest BCUT2D eigenvalue weighted by atomic mass is 10.0. The second kappa shape index (κ2) is 6.47. The van der Waals surface area contributed by atoms with Gasteiger partial charge in [-0.25, -0.2) is 0 Å². The minimum absolute atomic E-state index is 0.193. The minimum atomic E-state index is -0.768. The fraction of sp³-hybridized carbons (Fsp3) is 0.467. The van der Waals surface area contributed by atoms with Gasteiger partial charge in [-0.15, -0.1) is 0 Å². The summed E-state index contributed by atoms with van der Waals surface area (Å²) >= 11 is 0. The summed E-state index contributed by atoms with van der Waals surface area (Å²) in [5, 5.41) is 2.88. The number of carbonyl (C=O) groups excluding carboxylic acids is 2. The van der Waals surface area contributed by atoms with E-state index in [1.54, 1.807) is 13.0 Å². The highest BCUT2D eigenvalue weighted by molar-refractivity contribution is 5.96. The lowest BCUT2D eigenvalue weighted by Gasteiger charge is -2.27. The number of hydrogen-bond donors (Lipinski definition) is 3. The van der Waals surface area contributed by atoms with Gasteiger partial charge < -0.3 is 21.5 Å². The molecule has 1 aromatic rings. The fourth-order valence-corrected chi connectivity index (χ4v) is 1.61. The van der Waals surface area contributed by atoms with E-state index in [0.717, 1.165) is 6.42 Å². The second-order valence-corrected chi connectivity index (χ2v) is 5.61. The van der Waals surface area contributed by atoms with Crippen LogP contribution in [0.4, 0.5) is 5.69 Å². The van der Waals surface area contributed by atoms with Gasteiger partial charge in [0.15, 0.2) is 6.10 Å². The quantitative estimate of drug-likeness (QED) is 0.690. The van der Waals surface area contributed by atoms with Crippen LogP contribution in [0.1, 0.15) is 44.5 Å². The van der Waals surface area contributed by atoms with Gasteiger partial charge in [-0.3, -0.25) is 9.59 Å². The largest absolute Gasteiger partial charge is 0.480 e. The minimum Gasteiger partial charge on any atom is -0.480 e. The van der Waals surface area contributed by atoms with Crippen molar-refractivity contribution in [1.82, 2.24) is 5.32 Å². The van der Waals surface area contributed by atoms with Gasteiger partial charge in [0.2, 0.25) is 0 Å². The summed E-state index contributed by atoms with van der Waals surface area (Å²) in [6.07, 6.45) is 0.0201. The standard InChI is InChI=1S/C15H23N3O3/c1-5-15(3,4)18-14(20)9(2)21-12-8-10(16)6-7-11(12)13(17)19/h6-9H,5,16H2,1-4H3,(H2,17,19)(H,18,20). The van der Waals surface area contributed by atoms with E-state index in [-0.39, 0.29) is 22.8 Å². The highest BCUT2D eigenvalue weighted by Gasteiger charge is 2.24. The van der Waals surface area contributed by atoms with Gasteiger partial charge in [-0.1, -0.05) is 6.92 Å². The van der Waals surface area contributed by atoms with Gasteiger partial charge in [0, 0.05) is 17.3 Å². The average Bonchev–Trinajstić information content (AvgIpc) is 2.37. The van der Waals surface area contributed by atoms with Gasteiger partial charge in [-0.05, 0) is 39.3 Å². The Balaban J connectivity index is 2.88.